The average molecular weight is 342 g/mol. The normalized spacial score (nSPS) is 11.1. The van der Waals surface area contributed by atoms with E-state index in [9.17, 15) is 9.90 Å². The van der Waals surface area contributed by atoms with Crippen LogP contribution < -0.4 is 15.4 Å². The van der Waals surface area contributed by atoms with Crippen molar-refractivity contribution >= 4 is 11.7 Å². The van der Waals surface area contributed by atoms with Crippen molar-refractivity contribution in [3.8, 4) is 11.5 Å². The molecule has 3 N–H and O–H groups in total. The van der Waals surface area contributed by atoms with Gasteiger partial charge in [-0.3, -0.25) is 0 Å². The number of rotatable bonds is 4. The molecule has 2 rings (SSSR count). The van der Waals surface area contributed by atoms with Crippen molar-refractivity contribution < 1.29 is 14.6 Å². The Morgan fingerprint density at radius 1 is 1.12 bits per heavy atom. The molecule has 0 heterocycles. The molecule has 2 amide bonds. The van der Waals surface area contributed by atoms with Gasteiger partial charge in [0.2, 0.25) is 0 Å². The second-order valence-corrected chi connectivity index (χ2v) is 7.17. The van der Waals surface area contributed by atoms with E-state index >= 15 is 0 Å². The second-order valence-electron chi connectivity index (χ2n) is 7.17. The van der Waals surface area contributed by atoms with E-state index in [2.05, 4.69) is 37.5 Å². The van der Waals surface area contributed by atoms with E-state index in [1.54, 1.807) is 12.1 Å². The lowest BCUT2D eigenvalue weighted by Gasteiger charge is -2.23. The molecule has 0 atom stereocenters. The summed E-state index contributed by atoms with van der Waals surface area (Å²) < 4.78 is 5.76. The highest BCUT2D eigenvalue weighted by Gasteiger charge is 2.19. The molecule has 2 aromatic carbocycles. The summed E-state index contributed by atoms with van der Waals surface area (Å²) in [5.41, 5.74) is 3.65. The minimum Gasteiger partial charge on any atom is -0.508 e. The first-order valence-electron chi connectivity index (χ1n) is 8.25. The lowest BCUT2D eigenvalue weighted by atomic mass is 9.85. The van der Waals surface area contributed by atoms with E-state index in [-0.39, 0.29) is 23.9 Å². The van der Waals surface area contributed by atoms with Crippen molar-refractivity contribution in [3.63, 3.8) is 0 Å². The number of phenolic OH excluding ortho intramolecular Hbond substituents is 1. The highest BCUT2D eigenvalue weighted by Crippen LogP contribution is 2.32. The highest BCUT2D eigenvalue weighted by molar-refractivity contribution is 5.90. The fourth-order valence-corrected chi connectivity index (χ4v) is 2.49. The number of carbonyl (C=O) groups is 1. The Morgan fingerprint density at radius 2 is 1.84 bits per heavy atom. The number of ether oxygens (including phenoxy) is 1. The highest BCUT2D eigenvalue weighted by atomic mass is 16.5. The maximum absolute atomic E-state index is 12.0. The number of phenols is 1. The van der Waals surface area contributed by atoms with Gasteiger partial charge in [0.05, 0.1) is 0 Å². The quantitative estimate of drug-likeness (QED) is 0.567. The van der Waals surface area contributed by atoms with E-state index < -0.39 is 0 Å². The zero-order valence-corrected chi connectivity index (χ0v) is 15.4. The molecule has 0 saturated heterocycles. The summed E-state index contributed by atoms with van der Waals surface area (Å²) in [6, 6.07) is 10.4. The molecule has 0 saturated carbocycles. The number of benzene rings is 2. The number of amides is 2. The zero-order valence-electron chi connectivity index (χ0n) is 15.4. The molecule has 0 aliphatic heterocycles. The first-order chi connectivity index (χ1) is 11.7. The number of carbonyl (C=O) groups excluding carboxylic acids is 1. The summed E-state index contributed by atoms with van der Waals surface area (Å²) in [6.45, 7) is 10.3. The van der Waals surface area contributed by atoms with Crippen molar-refractivity contribution in [1.29, 1.82) is 0 Å². The monoisotopic (exact) mass is 342 g/mol. The average Bonchev–Trinajstić information content (AvgIpc) is 2.50. The molecule has 0 spiro atoms. The van der Waals surface area contributed by atoms with Gasteiger partial charge in [-0.15, -0.1) is 0 Å². The van der Waals surface area contributed by atoms with Gasteiger partial charge in [0.15, 0.2) is 6.73 Å². The van der Waals surface area contributed by atoms with Crippen molar-refractivity contribution in [2.24, 2.45) is 0 Å². The summed E-state index contributed by atoms with van der Waals surface area (Å²) in [4.78, 5) is 12.0. The summed E-state index contributed by atoms with van der Waals surface area (Å²) >= 11 is 0. The van der Waals surface area contributed by atoms with Crippen LogP contribution in [0.4, 0.5) is 10.5 Å². The van der Waals surface area contributed by atoms with Crippen LogP contribution in [0.25, 0.3) is 0 Å². The topological polar surface area (TPSA) is 70.6 Å². The van der Waals surface area contributed by atoms with Crippen LogP contribution in [-0.4, -0.2) is 17.9 Å². The Labute approximate surface area is 149 Å². The van der Waals surface area contributed by atoms with Crippen molar-refractivity contribution in [3.05, 3.63) is 53.1 Å². The van der Waals surface area contributed by atoms with Gasteiger partial charge in [0, 0.05) is 5.69 Å². The van der Waals surface area contributed by atoms with Crippen LogP contribution in [-0.2, 0) is 5.41 Å². The Hall–Kier alpha value is -2.69. The van der Waals surface area contributed by atoms with E-state index in [1.807, 2.05) is 26.0 Å². The number of hydrogen-bond acceptors (Lipinski definition) is 3. The number of anilines is 1. The fourth-order valence-electron chi connectivity index (χ4n) is 2.49. The van der Waals surface area contributed by atoms with E-state index in [4.69, 9.17) is 4.74 Å². The molecule has 0 unspecified atom stereocenters. The van der Waals surface area contributed by atoms with Gasteiger partial charge in [-0.1, -0.05) is 38.5 Å². The van der Waals surface area contributed by atoms with Crippen LogP contribution in [0, 0.1) is 13.8 Å². The number of aryl methyl sites for hydroxylation is 2. The van der Waals surface area contributed by atoms with Crippen molar-refractivity contribution in [2.75, 3.05) is 12.0 Å². The number of urea groups is 1. The molecule has 0 aromatic heterocycles. The summed E-state index contributed by atoms with van der Waals surface area (Å²) in [7, 11) is 0. The van der Waals surface area contributed by atoms with Crippen molar-refractivity contribution in [2.45, 2.75) is 40.0 Å². The van der Waals surface area contributed by atoms with E-state index in [0.29, 0.717) is 5.69 Å². The second kappa shape index (κ2) is 7.47. The maximum atomic E-state index is 12.0. The van der Waals surface area contributed by atoms with Gasteiger partial charge in [-0.05, 0) is 54.7 Å². The zero-order chi connectivity index (χ0) is 18.6. The largest absolute Gasteiger partial charge is 0.508 e. The molecular formula is C20H26N2O3. The maximum Gasteiger partial charge on any atom is 0.321 e. The van der Waals surface area contributed by atoms with Crippen LogP contribution in [0.5, 0.6) is 11.5 Å². The number of aromatic hydroxyl groups is 1. The molecule has 0 aliphatic rings. The summed E-state index contributed by atoms with van der Waals surface area (Å²) in [5, 5.41) is 14.8. The van der Waals surface area contributed by atoms with Crippen molar-refractivity contribution in [1.82, 2.24) is 5.32 Å². The Balaban J connectivity index is 1.95. The number of hydrogen-bond donors (Lipinski definition) is 3. The third kappa shape index (κ3) is 5.14. The van der Waals surface area contributed by atoms with Gasteiger partial charge in [-0.25, -0.2) is 4.79 Å². The third-order valence-electron chi connectivity index (χ3n) is 3.86. The molecule has 0 aliphatic carbocycles. The molecule has 0 fully saturated rings. The lowest BCUT2D eigenvalue weighted by molar-refractivity contribution is 0.233. The van der Waals surface area contributed by atoms with Crippen LogP contribution in [0.15, 0.2) is 36.4 Å². The number of nitrogens with one attached hydrogen (secondary N) is 2. The first-order valence-corrected chi connectivity index (χ1v) is 8.25. The molecule has 25 heavy (non-hydrogen) atoms. The molecule has 0 bridgehead atoms. The van der Waals surface area contributed by atoms with Crippen LogP contribution in [0.1, 0.15) is 37.5 Å². The van der Waals surface area contributed by atoms with Gasteiger partial charge in [0.1, 0.15) is 11.5 Å². The smallest absolute Gasteiger partial charge is 0.321 e. The van der Waals surface area contributed by atoms with E-state index in [1.165, 1.54) is 11.6 Å². The Kier molecular flexibility index (Phi) is 5.57. The minimum atomic E-state index is -0.363. The molecule has 2 aromatic rings. The fraction of sp³-hybridized carbons (Fsp3) is 0.350. The molecule has 0 radical (unpaired) electrons. The summed E-state index contributed by atoms with van der Waals surface area (Å²) in [5.74, 6) is 0.931. The Bertz CT molecular complexity index is 764. The summed E-state index contributed by atoms with van der Waals surface area (Å²) in [6.07, 6.45) is 0. The van der Waals surface area contributed by atoms with Crippen LogP contribution >= 0.6 is 0 Å². The predicted molar refractivity (Wildman–Crippen MR) is 100 cm³/mol. The van der Waals surface area contributed by atoms with Gasteiger partial charge in [0.25, 0.3) is 0 Å². The molecule has 5 heteroatoms. The first kappa shape index (κ1) is 18.6. The van der Waals surface area contributed by atoms with Gasteiger partial charge in [-0.2, -0.15) is 0 Å². The van der Waals surface area contributed by atoms with Crippen LogP contribution in [0.3, 0.4) is 0 Å². The van der Waals surface area contributed by atoms with Gasteiger partial charge >= 0.3 is 6.03 Å². The molecule has 5 nitrogen and oxygen atoms in total. The van der Waals surface area contributed by atoms with E-state index in [0.717, 1.165) is 16.9 Å². The lowest BCUT2D eigenvalue weighted by Crippen LogP contribution is -2.32. The van der Waals surface area contributed by atoms with Gasteiger partial charge < -0.3 is 20.5 Å². The predicted octanol–water partition coefficient (Wildman–Crippen LogP) is 4.46. The standard InChI is InChI=1S/C20H26N2O3/c1-13-6-9-18(16(10-13)20(3,4)5)25-12-21-19(24)22-17-8-7-15(23)11-14(17)2/h6-11,23H,12H2,1-5H3,(H2,21,22,24). The Morgan fingerprint density at radius 3 is 2.48 bits per heavy atom. The minimum absolute atomic E-state index is 0.0488. The third-order valence-corrected chi connectivity index (χ3v) is 3.86. The molecular weight excluding hydrogens is 316 g/mol. The molecule has 134 valence electrons. The van der Waals surface area contributed by atoms with Crippen LogP contribution in [0.2, 0.25) is 0 Å². The SMILES string of the molecule is Cc1ccc(OCNC(=O)Nc2ccc(O)cc2C)c(C(C)(C)C)c1.